The lowest BCUT2D eigenvalue weighted by Crippen LogP contribution is -2.28. The highest BCUT2D eigenvalue weighted by atomic mass is 14.6. The summed E-state index contributed by atoms with van der Waals surface area (Å²) in [6, 6.07) is 11.2. The normalized spacial score (nSPS) is 18.8. The zero-order chi connectivity index (χ0) is 11.2. The van der Waals surface area contributed by atoms with Crippen molar-refractivity contribution in [3.05, 3.63) is 35.9 Å². The largest absolute Gasteiger partial charge is 0.327 e. The second kappa shape index (κ2) is 6.05. The molecule has 2 N–H and O–H groups in total. The molecule has 1 aromatic rings. The molecule has 1 unspecified atom stereocenters. The molecule has 1 saturated carbocycles. The zero-order valence-electron chi connectivity index (χ0n) is 10.1. The van der Waals surface area contributed by atoms with Gasteiger partial charge in [-0.1, -0.05) is 43.2 Å². The third-order valence-electron chi connectivity index (χ3n) is 3.85. The number of rotatable bonds is 5. The molecule has 0 saturated heterocycles. The molecule has 1 nitrogen and oxygen atoms in total. The van der Waals surface area contributed by atoms with E-state index < -0.39 is 0 Å². The molecular weight excluding hydrogens is 194 g/mol. The second-order valence-corrected chi connectivity index (χ2v) is 5.09. The van der Waals surface area contributed by atoms with Gasteiger partial charge in [-0.2, -0.15) is 0 Å². The van der Waals surface area contributed by atoms with Crippen LogP contribution in [0, 0.1) is 5.92 Å². The molecule has 0 radical (unpaired) electrons. The van der Waals surface area contributed by atoms with E-state index in [1.807, 2.05) is 0 Å². The summed E-state index contributed by atoms with van der Waals surface area (Å²) >= 11 is 0. The highest BCUT2D eigenvalue weighted by molar-refractivity contribution is 5.14. The Hall–Kier alpha value is -0.820. The Kier molecular flexibility index (Phi) is 4.41. The smallest absolute Gasteiger partial charge is 0.00672 e. The monoisotopic (exact) mass is 217 g/mol. The van der Waals surface area contributed by atoms with Crippen molar-refractivity contribution in [3.63, 3.8) is 0 Å². The maximum atomic E-state index is 6.24. The fourth-order valence-corrected chi connectivity index (χ4v) is 2.81. The predicted octanol–water partition coefficient (Wildman–Crippen LogP) is 3.53. The van der Waals surface area contributed by atoms with Gasteiger partial charge in [0, 0.05) is 6.04 Å². The van der Waals surface area contributed by atoms with E-state index in [0.717, 1.165) is 5.92 Å². The first-order chi connectivity index (χ1) is 7.86. The Morgan fingerprint density at radius 1 is 1.12 bits per heavy atom. The third kappa shape index (κ3) is 3.34. The summed E-state index contributed by atoms with van der Waals surface area (Å²) in [6.45, 7) is 0. The van der Waals surface area contributed by atoms with Crippen LogP contribution >= 0.6 is 0 Å². The van der Waals surface area contributed by atoms with E-state index in [-0.39, 0.29) is 0 Å². The predicted molar refractivity (Wildman–Crippen MR) is 69.3 cm³/mol. The third-order valence-corrected chi connectivity index (χ3v) is 3.85. The van der Waals surface area contributed by atoms with Crippen LogP contribution in [0.4, 0.5) is 0 Å². The van der Waals surface area contributed by atoms with Gasteiger partial charge in [0.1, 0.15) is 0 Å². The van der Waals surface area contributed by atoms with Crippen LogP contribution in [0.2, 0.25) is 0 Å². The van der Waals surface area contributed by atoms with E-state index >= 15 is 0 Å². The molecule has 0 aromatic heterocycles. The van der Waals surface area contributed by atoms with E-state index in [1.54, 1.807) is 0 Å². The first kappa shape index (κ1) is 11.7. The lowest BCUT2D eigenvalue weighted by Gasteiger charge is -2.18. The summed E-state index contributed by atoms with van der Waals surface area (Å²) in [4.78, 5) is 0. The van der Waals surface area contributed by atoms with Crippen molar-refractivity contribution < 1.29 is 0 Å². The van der Waals surface area contributed by atoms with Crippen LogP contribution in [0.25, 0.3) is 0 Å². The van der Waals surface area contributed by atoms with Gasteiger partial charge in [-0.25, -0.2) is 0 Å². The lowest BCUT2D eigenvalue weighted by molar-refractivity contribution is 0.402. The van der Waals surface area contributed by atoms with Gasteiger partial charge < -0.3 is 5.73 Å². The van der Waals surface area contributed by atoms with Crippen molar-refractivity contribution >= 4 is 0 Å². The molecule has 1 aromatic carbocycles. The Labute approximate surface area is 99.0 Å². The minimum atomic E-state index is 0.450. The molecule has 0 bridgehead atoms. The summed E-state index contributed by atoms with van der Waals surface area (Å²) in [6.07, 6.45) is 9.15. The van der Waals surface area contributed by atoms with Gasteiger partial charge in [-0.15, -0.1) is 0 Å². The van der Waals surface area contributed by atoms with Crippen LogP contribution < -0.4 is 5.73 Å². The SMILES string of the molecule is NC(CCCc1ccccc1)C1CCCC1. The molecule has 1 aliphatic rings. The molecule has 1 atom stereocenters. The van der Waals surface area contributed by atoms with Gasteiger partial charge in [-0.05, 0) is 43.6 Å². The van der Waals surface area contributed by atoms with Crippen LogP contribution in [0.5, 0.6) is 0 Å². The van der Waals surface area contributed by atoms with Gasteiger partial charge in [0.15, 0.2) is 0 Å². The minimum Gasteiger partial charge on any atom is -0.327 e. The van der Waals surface area contributed by atoms with Crippen molar-refractivity contribution in [2.24, 2.45) is 11.7 Å². The lowest BCUT2D eigenvalue weighted by atomic mass is 9.93. The molecule has 0 spiro atoms. The quantitative estimate of drug-likeness (QED) is 0.802. The molecule has 2 rings (SSSR count). The zero-order valence-corrected chi connectivity index (χ0v) is 10.1. The van der Waals surface area contributed by atoms with E-state index in [0.29, 0.717) is 6.04 Å². The first-order valence-corrected chi connectivity index (χ1v) is 6.66. The fraction of sp³-hybridized carbons (Fsp3) is 0.600. The van der Waals surface area contributed by atoms with Crippen LogP contribution in [-0.2, 0) is 6.42 Å². The second-order valence-electron chi connectivity index (χ2n) is 5.09. The summed E-state index contributed by atoms with van der Waals surface area (Å²) in [5.41, 5.74) is 7.69. The summed E-state index contributed by atoms with van der Waals surface area (Å²) < 4.78 is 0. The van der Waals surface area contributed by atoms with Crippen LogP contribution in [0.1, 0.15) is 44.1 Å². The first-order valence-electron chi connectivity index (χ1n) is 6.66. The molecule has 1 aliphatic carbocycles. The van der Waals surface area contributed by atoms with Crippen LogP contribution in [0.3, 0.4) is 0 Å². The molecule has 0 heterocycles. The fourth-order valence-electron chi connectivity index (χ4n) is 2.81. The Morgan fingerprint density at radius 3 is 2.50 bits per heavy atom. The molecule has 88 valence electrons. The van der Waals surface area contributed by atoms with Gasteiger partial charge in [-0.3, -0.25) is 0 Å². The Balaban J connectivity index is 1.67. The molecule has 1 fully saturated rings. The van der Waals surface area contributed by atoms with Gasteiger partial charge in [0.2, 0.25) is 0 Å². The van der Waals surface area contributed by atoms with E-state index in [1.165, 1.54) is 50.5 Å². The summed E-state index contributed by atoms with van der Waals surface area (Å²) in [5.74, 6) is 0.816. The molecule has 0 aliphatic heterocycles. The molecule has 1 heteroatoms. The average Bonchev–Trinajstić information content (AvgIpc) is 2.84. The van der Waals surface area contributed by atoms with E-state index in [4.69, 9.17) is 5.73 Å². The summed E-state index contributed by atoms with van der Waals surface area (Å²) in [5, 5.41) is 0. The van der Waals surface area contributed by atoms with Crippen LogP contribution in [-0.4, -0.2) is 6.04 Å². The number of benzene rings is 1. The van der Waals surface area contributed by atoms with E-state index in [2.05, 4.69) is 30.3 Å². The molecular formula is C15H23N. The highest BCUT2D eigenvalue weighted by Crippen LogP contribution is 2.28. The number of hydrogen-bond donors (Lipinski definition) is 1. The van der Waals surface area contributed by atoms with E-state index in [9.17, 15) is 0 Å². The highest BCUT2D eigenvalue weighted by Gasteiger charge is 2.21. The average molecular weight is 217 g/mol. The number of hydrogen-bond acceptors (Lipinski definition) is 1. The van der Waals surface area contributed by atoms with Crippen molar-refractivity contribution in [1.82, 2.24) is 0 Å². The van der Waals surface area contributed by atoms with Gasteiger partial charge >= 0.3 is 0 Å². The molecule has 0 amide bonds. The maximum Gasteiger partial charge on any atom is 0.00672 e. The van der Waals surface area contributed by atoms with Crippen molar-refractivity contribution in [2.45, 2.75) is 51.0 Å². The number of nitrogens with two attached hydrogens (primary N) is 1. The topological polar surface area (TPSA) is 26.0 Å². The number of aryl methyl sites for hydroxylation is 1. The minimum absolute atomic E-state index is 0.450. The van der Waals surface area contributed by atoms with Crippen LogP contribution in [0.15, 0.2) is 30.3 Å². The van der Waals surface area contributed by atoms with Gasteiger partial charge in [0.25, 0.3) is 0 Å². The molecule has 16 heavy (non-hydrogen) atoms. The summed E-state index contributed by atoms with van der Waals surface area (Å²) in [7, 11) is 0. The van der Waals surface area contributed by atoms with Crippen molar-refractivity contribution in [1.29, 1.82) is 0 Å². The van der Waals surface area contributed by atoms with Crippen molar-refractivity contribution in [3.8, 4) is 0 Å². The van der Waals surface area contributed by atoms with Crippen molar-refractivity contribution in [2.75, 3.05) is 0 Å². The Bertz CT molecular complexity index is 288. The van der Waals surface area contributed by atoms with Gasteiger partial charge in [0.05, 0.1) is 0 Å². The standard InChI is InChI=1S/C15H23N/c16-15(14-10-4-5-11-14)12-6-9-13-7-2-1-3-8-13/h1-3,7-8,14-15H,4-6,9-12,16H2. The Morgan fingerprint density at radius 2 is 1.81 bits per heavy atom. The maximum absolute atomic E-state index is 6.24.